The van der Waals surface area contributed by atoms with Gasteiger partial charge in [0.2, 0.25) is 0 Å². The first-order valence-electron chi connectivity index (χ1n) is 8.15. The fourth-order valence-corrected chi connectivity index (χ4v) is 3.34. The highest BCUT2D eigenvalue weighted by Crippen LogP contribution is 2.23. The molecule has 0 aliphatic carbocycles. The number of aryl methyl sites for hydroxylation is 2. The maximum absolute atomic E-state index is 12.4. The van der Waals surface area contributed by atoms with E-state index >= 15 is 0 Å². The van der Waals surface area contributed by atoms with E-state index in [9.17, 15) is 8.42 Å². The van der Waals surface area contributed by atoms with Crippen LogP contribution >= 0.6 is 0 Å². The first-order chi connectivity index (χ1) is 12.5. The molecule has 0 aliphatic rings. The molecule has 0 amide bonds. The van der Waals surface area contributed by atoms with Gasteiger partial charge in [-0.05, 0) is 61.4 Å². The predicted octanol–water partition coefficient (Wildman–Crippen LogP) is 4.82. The second kappa shape index (κ2) is 7.54. The zero-order valence-electron chi connectivity index (χ0n) is 14.6. The van der Waals surface area contributed by atoms with Crippen LogP contribution < -0.4 is 4.18 Å². The lowest BCUT2D eigenvalue weighted by molar-refractivity contribution is 0.485. The molecule has 0 aromatic heterocycles. The summed E-state index contributed by atoms with van der Waals surface area (Å²) in [6.07, 6.45) is 1.61. The van der Waals surface area contributed by atoms with Crippen molar-refractivity contribution in [1.82, 2.24) is 0 Å². The zero-order chi connectivity index (χ0) is 18.6. The lowest BCUT2D eigenvalue weighted by Crippen LogP contribution is -2.10. The SMILES string of the molecule is Cc1ccc(N=Cc2ccccc2OS(=O)(=O)c2ccccc2)cc1C. The van der Waals surface area contributed by atoms with Gasteiger partial charge in [0.15, 0.2) is 5.75 Å². The third-order valence-corrected chi connectivity index (χ3v) is 5.24. The molecule has 132 valence electrons. The van der Waals surface area contributed by atoms with Gasteiger partial charge in [0.25, 0.3) is 0 Å². The number of hydrogen-bond acceptors (Lipinski definition) is 4. The van der Waals surface area contributed by atoms with E-state index in [1.807, 2.05) is 38.1 Å². The summed E-state index contributed by atoms with van der Waals surface area (Å²) in [6.45, 7) is 4.07. The van der Waals surface area contributed by atoms with Crippen molar-refractivity contribution in [3.63, 3.8) is 0 Å². The second-order valence-electron chi connectivity index (χ2n) is 5.92. The second-order valence-corrected chi connectivity index (χ2v) is 7.46. The van der Waals surface area contributed by atoms with Gasteiger partial charge in [-0.25, -0.2) is 0 Å². The van der Waals surface area contributed by atoms with Crippen LogP contribution in [0.25, 0.3) is 0 Å². The Morgan fingerprint density at radius 1 is 0.846 bits per heavy atom. The fraction of sp³-hybridized carbons (Fsp3) is 0.0952. The van der Waals surface area contributed by atoms with Crippen molar-refractivity contribution in [2.45, 2.75) is 18.7 Å². The summed E-state index contributed by atoms with van der Waals surface area (Å²) < 4.78 is 30.2. The molecule has 3 aromatic rings. The maximum atomic E-state index is 12.4. The molecule has 4 nitrogen and oxygen atoms in total. The van der Waals surface area contributed by atoms with Crippen LogP contribution in [-0.4, -0.2) is 14.6 Å². The summed E-state index contributed by atoms with van der Waals surface area (Å²) in [7, 11) is -3.89. The van der Waals surface area contributed by atoms with Crippen molar-refractivity contribution in [3.8, 4) is 5.75 Å². The molecule has 0 saturated heterocycles. The van der Waals surface area contributed by atoms with Crippen molar-refractivity contribution >= 4 is 22.0 Å². The first kappa shape index (κ1) is 17.9. The summed E-state index contributed by atoms with van der Waals surface area (Å²) in [5.74, 6) is 0.240. The van der Waals surface area contributed by atoms with Crippen LogP contribution in [0.5, 0.6) is 5.75 Å². The lowest BCUT2D eigenvalue weighted by Gasteiger charge is -2.09. The minimum atomic E-state index is -3.89. The number of rotatable bonds is 5. The molecule has 0 N–H and O–H groups in total. The largest absolute Gasteiger partial charge is 0.378 e. The van der Waals surface area contributed by atoms with Crippen LogP contribution in [0.4, 0.5) is 5.69 Å². The Labute approximate surface area is 153 Å². The third-order valence-electron chi connectivity index (χ3n) is 3.99. The molecule has 0 aliphatic heterocycles. The Balaban J connectivity index is 1.89. The van der Waals surface area contributed by atoms with Crippen molar-refractivity contribution in [2.75, 3.05) is 0 Å². The molecule has 0 fully saturated rings. The van der Waals surface area contributed by atoms with Gasteiger partial charge < -0.3 is 4.18 Å². The summed E-state index contributed by atoms with van der Waals surface area (Å²) >= 11 is 0. The predicted molar refractivity (Wildman–Crippen MR) is 104 cm³/mol. The molecule has 0 radical (unpaired) electrons. The minimum Gasteiger partial charge on any atom is -0.378 e. The van der Waals surface area contributed by atoms with Crippen LogP contribution in [0.1, 0.15) is 16.7 Å². The minimum absolute atomic E-state index is 0.112. The summed E-state index contributed by atoms with van der Waals surface area (Å²) in [5.41, 5.74) is 3.73. The van der Waals surface area contributed by atoms with Crippen molar-refractivity contribution < 1.29 is 12.6 Å². The Hall–Kier alpha value is -2.92. The van der Waals surface area contributed by atoms with E-state index in [4.69, 9.17) is 4.18 Å². The lowest BCUT2D eigenvalue weighted by atomic mass is 10.1. The Morgan fingerprint density at radius 3 is 2.27 bits per heavy atom. The van der Waals surface area contributed by atoms with Gasteiger partial charge in [-0.2, -0.15) is 8.42 Å². The van der Waals surface area contributed by atoms with E-state index < -0.39 is 10.1 Å². The first-order valence-corrected chi connectivity index (χ1v) is 9.56. The van der Waals surface area contributed by atoms with E-state index in [1.165, 1.54) is 17.7 Å². The van der Waals surface area contributed by atoms with E-state index in [2.05, 4.69) is 4.99 Å². The molecule has 0 saturated carbocycles. The van der Waals surface area contributed by atoms with Gasteiger partial charge in [0.1, 0.15) is 4.90 Å². The van der Waals surface area contributed by atoms with Gasteiger partial charge in [0, 0.05) is 11.8 Å². The number of para-hydroxylation sites is 1. The van der Waals surface area contributed by atoms with Gasteiger partial charge in [-0.15, -0.1) is 0 Å². The molecule has 0 bridgehead atoms. The quantitative estimate of drug-likeness (QED) is 0.481. The molecular weight excluding hydrogens is 346 g/mol. The molecule has 26 heavy (non-hydrogen) atoms. The summed E-state index contributed by atoms with van der Waals surface area (Å²) in [6, 6.07) is 20.9. The van der Waals surface area contributed by atoms with Crippen LogP contribution in [0.2, 0.25) is 0 Å². The molecule has 0 unspecified atom stereocenters. The topological polar surface area (TPSA) is 55.7 Å². The molecule has 3 aromatic carbocycles. The highest BCUT2D eigenvalue weighted by atomic mass is 32.2. The van der Waals surface area contributed by atoms with E-state index in [1.54, 1.807) is 42.6 Å². The van der Waals surface area contributed by atoms with Gasteiger partial charge >= 0.3 is 10.1 Å². The Bertz CT molecular complexity index is 1040. The van der Waals surface area contributed by atoms with E-state index in [0.29, 0.717) is 5.56 Å². The average molecular weight is 365 g/mol. The molecule has 0 heterocycles. The average Bonchev–Trinajstić information content (AvgIpc) is 2.64. The Morgan fingerprint density at radius 2 is 1.54 bits per heavy atom. The number of nitrogens with zero attached hydrogens (tertiary/aromatic N) is 1. The standard InChI is InChI=1S/C21H19NO3S/c1-16-12-13-19(14-17(16)2)22-15-18-8-6-7-11-21(18)25-26(23,24)20-9-4-3-5-10-20/h3-15H,1-2H3. The van der Waals surface area contributed by atoms with Crippen LogP contribution in [0.15, 0.2) is 82.7 Å². The smallest absolute Gasteiger partial charge is 0.339 e. The van der Waals surface area contributed by atoms with E-state index in [0.717, 1.165) is 11.3 Å². The van der Waals surface area contributed by atoms with Crippen LogP contribution in [0, 0.1) is 13.8 Å². The van der Waals surface area contributed by atoms with Crippen molar-refractivity contribution in [2.24, 2.45) is 4.99 Å². The van der Waals surface area contributed by atoms with E-state index in [-0.39, 0.29) is 10.6 Å². The van der Waals surface area contributed by atoms with Crippen LogP contribution in [0.3, 0.4) is 0 Å². The van der Waals surface area contributed by atoms with Gasteiger partial charge in [-0.3, -0.25) is 4.99 Å². The third kappa shape index (κ3) is 4.18. The number of benzene rings is 3. The molecular formula is C21H19NO3S. The normalized spacial score (nSPS) is 11.6. The Kier molecular flexibility index (Phi) is 5.19. The highest BCUT2D eigenvalue weighted by Gasteiger charge is 2.17. The van der Waals surface area contributed by atoms with Crippen molar-refractivity contribution in [3.05, 3.63) is 89.5 Å². The zero-order valence-corrected chi connectivity index (χ0v) is 15.4. The molecule has 0 atom stereocenters. The van der Waals surface area contributed by atoms with Crippen molar-refractivity contribution in [1.29, 1.82) is 0 Å². The highest BCUT2D eigenvalue weighted by molar-refractivity contribution is 7.87. The summed E-state index contributed by atoms with van der Waals surface area (Å²) in [4.78, 5) is 4.55. The van der Waals surface area contributed by atoms with Gasteiger partial charge in [0.05, 0.1) is 5.69 Å². The number of hydrogen-bond donors (Lipinski definition) is 0. The fourth-order valence-electron chi connectivity index (χ4n) is 2.37. The number of aliphatic imine (C=N–C) groups is 1. The molecule has 0 spiro atoms. The van der Waals surface area contributed by atoms with Gasteiger partial charge in [-0.1, -0.05) is 36.4 Å². The monoisotopic (exact) mass is 365 g/mol. The molecule has 5 heteroatoms. The molecule has 3 rings (SSSR count). The summed E-state index contributed by atoms with van der Waals surface area (Å²) in [5, 5.41) is 0. The van der Waals surface area contributed by atoms with Crippen LogP contribution in [-0.2, 0) is 10.1 Å². The maximum Gasteiger partial charge on any atom is 0.339 e.